The molecule has 0 aromatic carbocycles. The number of rotatable bonds is 9. The van der Waals surface area contributed by atoms with Gasteiger partial charge in [0, 0.05) is 18.4 Å². The van der Waals surface area contributed by atoms with E-state index in [-0.39, 0.29) is 0 Å². The van der Waals surface area contributed by atoms with E-state index < -0.39 is 0 Å². The molecule has 8 heteroatoms. The van der Waals surface area contributed by atoms with E-state index in [1.54, 1.807) is 31.1 Å². The van der Waals surface area contributed by atoms with Crippen molar-refractivity contribution >= 4 is 34.6 Å². The number of unbranched alkanes of at least 4 members (excludes halogenated alkanes) is 1. The smallest absolute Gasteiger partial charge is 0.230 e. The molecular weight excluding hydrogens is 348 g/mol. The molecule has 0 amide bonds. The van der Waals surface area contributed by atoms with Crippen LogP contribution in [0.15, 0.2) is 42.3 Å². The molecule has 3 aromatic heterocycles. The fraction of sp³-hybridized carbons (Fsp3) is 0.333. The van der Waals surface area contributed by atoms with Crippen LogP contribution in [0.25, 0.3) is 11.2 Å². The second-order valence-electron chi connectivity index (χ2n) is 5.63. The number of hydrogen-bond donors (Lipinski definition) is 1. The fourth-order valence-corrected chi connectivity index (χ4v) is 3.12. The molecule has 0 aliphatic rings. The molecule has 0 bridgehead atoms. The zero-order chi connectivity index (χ0) is 18.4. The van der Waals surface area contributed by atoms with E-state index in [1.165, 1.54) is 0 Å². The van der Waals surface area contributed by atoms with Crippen LogP contribution in [0, 0.1) is 0 Å². The summed E-state index contributed by atoms with van der Waals surface area (Å²) in [5.41, 5.74) is 2.46. The van der Waals surface area contributed by atoms with Crippen LogP contribution in [0.1, 0.15) is 19.8 Å². The molecule has 1 N–H and O–H groups in total. The number of pyridine rings is 1. The summed E-state index contributed by atoms with van der Waals surface area (Å²) in [5.74, 6) is 1.85. The molecule has 0 fully saturated rings. The first-order chi connectivity index (χ1) is 12.7. The van der Waals surface area contributed by atoms with Gasteiger partial charge in [-0.3, -0.25) is 0 Å². The topological polar surface area (TPSA) is 77.8 Å². The molecule has 7 nitrogen and oxygen atoms in total. The van der Waals surface area contributed by atoms with Gasteiger partial charge in [-0.25, -0.2) is 15.0 Å². The number of aromatic nitrogens is 5. The minimum absolute atomic E-state index is 0.522. The highest BCUT2D eigenvalue weighted by Gasteiger charge is 2.14. The molecule has 0 spiro atoms. The lowest BCUT2D eigenvalue weighted by Gasteiger charge is -2.09. The van der Waals surface area contributed by atoms with Crippen molar-refractivity contribution in [2.45, 2.75) is 31.3 Å². The van der Waals surface area contributed by atoms with Crippen molar-refractivity contribution in [1.29, 1.82) is 0 Å². The van der Waals surface area contributed by atoms with E-state index in [4.69, 9.17) is 4.74 Å². The molecule has 0 radical (unpaired) electrons. The lowest BCUT2D eigenvalue weighted by atomic mass is 10.3. The van der Waals surface area contributed by atoms with Crippen LogP contribution in [0.5, 0.6) is 5.88 Å². The van der Waals surface area contributed by atoms with Crippen molar-refractivity contribution in [3.8, 4) is 5.88 Å². The number of imidazole rings is 1. The minimum Gasteiger partial charge on any atom is -0.481 e. The first-order valence-electron chi connectivity index (χ1n) is 8.48. The third-order valence-electron chi connectivity index (χ3n) is 3.72. The van der Waals surface area contributed by atoms with Crippen LogP contribution in [0.2, 0.25) is 0 Å². The Morgan fingerprint density at radius 2 is 2.19 bits per heavy atom. The number of thioether (sulfide) groups is 1. The van der Waals surface area contributed by atoms with Crippen molar-refractivity contribution in [3.05, 3.63) is 37.3 Å². The molecule has 3 aromatic rings. The standard InChI is InChI=1S/C18H22N6OS/c1-4-6-9-24-12-20-15-16(24)22-18(23-17(15)26-10-5-2)21-13-7-8-14(25-3)19-11-13/h5,7-8,11-12H,2,4,6,9-10H2,1,3H3,(H,21,22,23). The average molecular weight is 370 g/mol. The van der Waals surface area contributed by atoms with Gasteiger partial charge in [-0.2, -0.15) is 4.98 Å². The number of ether oxygens (including phenoxy) is 1. The summed E-state index contributed by atoms with van der Waals surface area (Å²) in [5, 5.41) is 4.06. The summed E-state index contributed by atoms with van der Waals surface area (Å²) in [7, 11) is 1.59. The number of fused-ring (bicyclic) bond motifs is 1. The number of nitrogens with zero attached hydrogens (tertiary/aromatic N) is 5. The van der Waals surface area contributed by atoms with Crippen molar-refractivity contribution < 1.29 is 4.74 Å². The van der Waals surface area contributed by atoms with Gasteiger partial charge in [0.05, 0.1) is 25.3 Å². The molecule has 3 rings (SSSR count). The molecule has 0 saturated carbocycles. The van der Waals surface area contributed by atoms with E-state index in [2.05, 4.69) is 43.3 Å². The lowest BCUT2D eigenvalue weighted by Crippen LogP contribution is -2.03. The monoisotopic (exact) mass is 370 g/mol. The largest absolute Gasteiger partial charge is 0.481 e. The summed E-state index contributed by atoms with van der Waals surface area (Å²) < 4.78 is 7.17. The quantitative estimate of drug-likeness (QED) is 0.346. The number of aryl methyl sites for hydroxylation is 1. The molecule has 136 valence electrons. The first-order valence-corrected chi connectivity index (χ1v) is 9.47. The van der Waals surface area contributed by atoms with E-state index >= 15 is 0 Å². The Morgan fingerprint density at radius 1 is 1.31 bits per heavy atom. The third-order valence-corrected chi connectivity index (χ3v) is 4.68. The summed E-state index contributed by atoms with van der Waals surface area (Å²) in [6, 6.07) is 3.67. The zero-order valence-electron chi connectivity index (χ0n) is 15.0. The van der Waals surface area contributed by atoms with Gasteiger partial charge in [0.2, 0.25) is 11.8 Å². The maximum absolute atomic E-state index is 5.09. The fourth-order valence-electron chi connectivity index (χ4n) is 2.41. The van der Waals surface area contributed by atoms with Crippen LogP contribution < -0.4 is 10.1 Å². The highest BCUT2D eigenvalue weighted by molar-refractivity contribution is 7.99. The van der Waals surface area contributed by atoms with Crippen molar-refractivity contribution in [2.75, 3.05) is 18.2 Å². The molecule has 3 heterocycles. The zero-order valence-corrected chi connectivity index (χ0v) is 15.8. The van der Waals surface area contributed by atoms with Gasteiger partial charge in [-0.05, 0) is 12.5 Å². The Morgan fingerprint density at radius 3 is 2.88 bits per heavy atom. The Kier molecular flexibility index (Phi) is 6.06. The van der Waals surface area contributed by atoms with Crippen LogP contribution in [-0.2, 0) is 6.54 Å². The predicted octanol–water partition coefficient (Wildman–Crippen LogP) is 4.05. The van der Waals surface area contributed by atoms with Crippen molar-refractivity contribution in [3.63, 3.8) is 0 Å². The number of nitrogens with one attached hydrogen (secondary N) is 1. The Balaban J connectivity index is 1.95. The van der Waals surface area contributed by atoms with E-state index in [9.17, 15) is 0 Å². The Bertz CT molecular complexity index is 877. The second kappa shape index (κ2) is 8.66. The highest BCUT2D eigenvalue weighted by atomic mass is 32.2. The second-order valence-corrected chi connectivity index (χ2v) is 6.64. The van der Waals surface area contributed by atoms with Crippen molar-refractivity contribution in [2.24, 2.45) is 0 Å². The molecule has 0 aliphatic carbocycles. The van der Waals surface area contributed by atoms with Gasteiger partial charge >= 0.3 is 0 Å². The number of anilines is 2. The predicted molar refractivity (Wildman–Crippen MR) is 105 cm³/mol. The summed E-state index contributed by atoms with van der Waals surface area (Å²) in [6.45, 7) is 6.84. The maximum atomic E-state index is 5.09. The minimum atomic E-state index is 0.522. The lowest BCUT2D eigenvalue weighted by molar-refractivity contribution is 0.398. The summed E-state index contributed by atoms with van der Waals surface area (Å²) in [4.78, 5) is 18.0. The van der Waals surface area contributed by atoms with Gasteiger partial charge < -0.3 is 14.6 Å². The maximum Gasteiger partial charge on any atom is 0.230 e. The van der Waals surface area contributed by atoms with Gasteiger partial charge in [-0.1, -0.05) is 31.2 Å². The van der Waals surface area contributed by atoms with E-state index in [1.807, 2.05) is 18.5 Å². The van der Waals surface area contributed by atoms with E-state index in [0.29, 0.717) is 11.8 Å². The number of methoxy groups -OCH3 is 1. The summed E-state index contributed by atoms with van der Waals surface area (Å²) in [6.07, 6.45) is 7.58. The van der Waals surface area contributed by atoms with Crippen LogP contribution in [0.4, 0.5) is 11.6 Å². The van der Waals surface area contributed by atoms with Crippen LogP contribution >= 0.6 is 11.8 Å². The van der Waals surface area contributed by atoms with Gasteiger partial charge in [0.15, 0.2) is 5.65 Å². The summed E-state index contributed by atoms with van der Waals surface area (Å²) >= 11 is 1.60. The van der Waals surface area contributed by atoms with Gasteiger partial charge in [0.25, 0.3) is 0 Å². The Labute approximate surface area is 156 Å². The SMILES string of the molecule is C=CCSc1nc(Nc2ccc(OC)nc2)nc2c1ncn2CCCC. The van der Waals surface area contributed by atoms with Crippen molar-refractivity contribution in [1.82, 2.24) is 24.5 Å². The highest BCUT2D eigenvalue weighted by Crippen LogP contribution is 2.27. The van der Waals surface area contributed by atoms with Crippen LogP contribution in [-0.4, -0.2) is 37.4 Å². The molecular formula is C18H22N6OS. The molecule has 26 heavy (non-hydrogen) atoms. The molecule has 0 unspecified atom stereocenters. The third kappa shape index (κ3) is 4.13. The molecule has 0 atom stereocenters. The van der Waals surface area contributed by atoms with E-state index in [0.717, 1.165) is 47.0 Å². The Hall–Kier alpha value is -2.61. The van der Waals surface area contributed by atoms with Crippen LogP contribution in [0.3, 0.4) is 0 Å². The van der Waals surface area contributed by atoms with Gasteiger partial charge in [0.1, 0.15) is 10.5 Å². The average Bonchev–Trinajstić information content (AvgIpc) is 3.08. The molecule has 0 aliphatic heterocycles. The number of hydrogen-bond acceptors (Lipinski definition) is 7. The van der Waals surface area contributed by atoms with Gasteiger partial charge in [-0.15, -0.1) is 6.58 Å². The molecule has 0 saturated heterocycles. The normalized spacial score (nSPS) is 10.8. The first kappa shape index (κ1) is 18.2.